The van der Waals surface area contributed by atoms with Gasteiger partial charge < -0.3 is 9.84 Å². The zero-order valence-electron chi connectivity index (χ0n) is 11.6. The lowest BCUT2D eigenvalue weighted by Crippen LogP contribution is -2.52. The maximum Gasteiger partial charge on any atom is 0.316 e. The van der Waals surface area contributed by atoms with E-state index in [4.69, 9.17) is 4.74 Å². The van der Waals surface area contributed by atoms with Crippen molar-refractivity contribution in [1.29, 1.82) is 0 Å². The van der Waals surface area contributed by atoms with Gasteiger partial charge in [0.2, 0.25) is 5.84 Å². The number of carbonyl (C=O) groups is 1. The quantitative estimate of drug-likeness (QED) is 0.296. The fourth-order valence-electron chi connectivity index (χ4n) is 2.28. The van der Waals surface area contributed by atoms with Crippen molar-refractivity contribution in [2.45, 2.75) is 6.42 Å². The molecule has 1 atom stereocenters. The fourth-order valence-corrected chi connectivity index (χ4v) is 2.44. The highest BCUT2D eigenvalue weighted by molar-refractivity contribution is 9.09. The molecular weight excluding hydrogens is 324 g/mol. The van der Waals surface area contributed by atoms with Gasteiger partial charge in [0, 0.05) is 0 Å². The number of rotatable bonds is 9. The minimum Gasteiger partial charge on any atom is -0.461 e. The molecular formula is C14H22BrN2O3+. The van der Waals surface area contributed by atoms with Crippen molar-refractivity contribution >= 4 is 27.7 Å². The summed E-state index contributed by atoms with van der Waals surface area (Å²) >= 11 is 3.04. The third-order valence-corrected chi connectivity index (χ3v) is 3.75. The maximum atomic E-state index is 11.0. The molecule has 0 saturated heterocycles. The molecule has 0 bridgehead atoms. The van der Waals surface area contributed by atoms with Crippen LogP contribution >= 0.6 is 15.9 Å². The summed E-state index contributed by atoms with van der Waals surface area (Å²) in [6.07, 6.45) is 6.41. The van der Waals surface area contributed by atoms with E-state index in [0.717, 1.165) is 31.9 Å². The number of aliphatic hydroxyl groups excluding tert-OH is 1. The monoisotopic (exact) mass is 345 g/mol. The molecule has 0 radical (unpaired) electrons. The number of quaternary nitrogens is 1. The largest absolute Gasteiger partial charge is 0.461 e. The van der Waals surface area contributed by atoms with E-state index in [9.17, 15) is 9.90 Å². The number of aliphatic imine (C=N–C) groups is 1. The van der Waals surface area contributed by atoms with Crippen LogP contribution in [0.3, 0.4) is 0 Å². The van der Waals surface area contributed by atoms with Gasteiger partial charge in [0.05, 0.1) is 19.6 Å². The maximum absolute atomic E-state index is 11.0. The number of aliphatic hydroxyl groups is 1. The summed E-state index contributed by atoms with van der Waals surface area (Å²) in [6.45, 7) is 7.24. The fraction of sp³-hybridized carbons (Fsp3) is 0.571. The van der Waals surface area contributed by atoms with E-state index in [1.807, 2.05) is 18.2 Å². The Bertz CT molecular complexity index is 396. The second kappa shape index (κ2) is 9.05. The summed E-state index contributed by atoms with van der Waals surface area (Å²) in [5, 5.41) is 9.50. The summed E-state index contributed by atoms with van der Waals surface area (Å²) in [5.41, 5.74) is 0. The molecule has 0 spiro atoms. The van der Waals surface area contributed by atoms with Crippen LogP contribution in [0.15, 0.2) is 29.8 Å². The highest BCUT2D eigenvalue weighted by Crippen LogP contribution is 2.18. The van der Waals surface area contributed by atoms with Crippen molar-refractivity contribution in [3.63, 3.8) is 0 Å². The first-order valence-electron chi connectivity index (χ1n) is 6.67. The third-order valence-electron chi connectivity index (χ3n) is 3.30. The number of esters is 1. The van der Waals surface area contributed by atoms with Gasteiger partial charge in [-0.15, -0.1) is 6.58 Å². The molecule has 20 heavy (non-hydrogen) atoms. The molecule has 0 aromatic heterocycles. The number of ether oxygens (including phenoxy) is 1. The molecule has 0 aromatic rings. The Morgan fingerprint density at radius 1 is 1.55 bits per heavy atom. The minimum absolute atomic E-state index is 0.128. The molecule has 5 nitrogen and oxygen atoms in total. The van der Waals surface area contributed by atoms with Gasteiger partial charge in [-0.3, -0.25) is 9.28 Å². The Kier molecular flexibility index (Phi) is 7.72. The predicted octanol–water partition coefficient (Wildman–Crippen LogP) is 1.28. The number of alkyl halides is 1. The summed E-state index contributed by atoms with van der Waals surface area (Å²) in [4.78, 5) is 15.5. The Hall–Kier alpha value is -0.980. The zero-order valence-corrected chi connectivity index (χ0v) is 13.2. The van der Waals surface area contributed by atoms with E-state index in [-0.39, 0.29) is 24.5 Å². The van der Waals surface area contributed by atoms with Crippen LogP contribution in [0.2, 0.25) is 0 Å². The average molecular weight is 346 g/mol. The van der Waals surface area contributed by atoms with Crippen LogP contribution in [-0.2, 0) is 9.53 Å². The van der Waals surface area contributed by atoms with Crippen LogP contribution in [0, 0.1) is 0 Å². The molecule has 0 saturated carbocycles. The number of hydrogen-bond donors (Lipinski definition) is 1. The smallest absolute Gasteiger partial charge is 0.316 e. The van der Waals surface area contributed by atoms with Crippen molar-refractivity contribution in [3.8, 4) is 0 Å². The van der Waals surface area contributed by atoms with Gasteiger partial charge in [-0.2, -0.15) is 0 Å². The highest BCUT2D eigenvalue weighted by Gasteiger charge is 2.35. The van der Waals surface area contributed by atoms with Crippen LogP contribution in [0.4, 0.5) is 0 Å². The molecule has 1 rings (SSSR count). The lowest BCUT2D eigenvalue weighted by Gasteiger charge is -2.32. The van der Waals surface area contributed by atoms with Gasteiger partial charge in [0.15, 0.2) is 0 Å². The van der Waals surface area contributed by atoms with E-state index in [1.54, 1.807) is 0 Å². The normalized spacial score (nSPS) is 22.0. The van der Waals surface area contributed by atoms with E-state index < -0.39 is 0 Å². The lowest BCUT2D eigenvalue weighted by atomic mass is 10.2. The van der Waals surface area contributed by atoms with E-state index in [2.05, 4.69) is 27.5 Å². The second-order valence-corrected chi connectivity index (χ2v) is 5.14. The van der Waals surface area contributed by atoms with Crippen molar-refractivity contribution in [1.82, 2.24) is 0 Å². The summed E-state index contributed by atoms with van der Waals surface area (Å²) in [6, 6.07) is 0. The molecule has 1 heterocycles. The van der Waals surface area contributed by atoms with Crippen LogP contribution in [0.25, 0.3) is 0 Å². The first-order valence-corrected chi connectivity index (χ1v) is 7.79. The molecule has 1 N–H and O–H groups in total. The molecule has 1 aliphatic heterocycles. The van der Waals surface area contributed by atoms with Gasteiger partial charge in [0.1, 0.15) is 31.6 Å². The Morgan fingerprint density at radius 2 is 2.35 bits per heavy atom. The standard InChI is InChI=1S/C14H22BrN2O3/c1-2-5-13-16-6-8-17(13,9-10-18)7-3-4-11-20-14(19)12-15/h2-4,18H,1,5-12H2/q+1. The van der Waals surface area contributed by atoms with Gasteiger partial charge in [-0.05, 0) is 12.2 Å². The summed E-state index contributed by atoms with van der Waals surface area (Å²) in [5.74, 6) is 0.792. The van der Waals surface area contributed by atoms with Crippen molar-refractivity contribution in [2.75, 3.05) is 44.7 Å². The van der Waals surface area contributed by atoms with Crippen LogP contribution < -0.4 is 0 Å². The Morgan fingerprint density at radius 3 is 3.00 bits per heavy atom. The first kappa shape index (κ1) is 17.1. The summed E-state index contributed by atoms with van der Waals surface area (Å²) < 4.78 is 5.62. The Balaban J connectivity index is 2.55. The SMILES string of the molecule is C=CCC1=NCC[N+]1(CC=CCOC(=O)CBr)CCO. The van der Waals surface area contributed by atoms with E-state index in [1.165, 1.54) is 0 Å². The molecule has 1 aliphatic rings. The second-order valence-electron chi connectivity index (χ2n) is 4.58. The number of nitrogens with zero attached hydrogens (tertiary/aromatic N) is 2. The van der Waals surface area contributed by atoms with Gasteiger partial charge in [0.25, 0.3) is 0 Å². The lowest BCUT2D eigenvalue weighted by molar-refractivity contribution is -0.830. The topological polar surface area (TPSA) is 58.9 Å². The number of halogens is 1. The van der Waals surface area contributed by atoms with Gasteiger partial charge >= 0.3 is 5.97 Å². The number of amidine groups is 1. The summed E-state index contributed by atoms with van der Waals surface area (Å²) in [7, 11) is 0. The number of hydrogen-bond acceptors (Lipinski definition) is 4. The average Bonchev–Trinajstić information content (AvgIpc) is 2.82. The first-order chi connectivity index (χ1) is 9.68. The van der Waals surface area contributed by atoms with E-state index in [0.29, 0.717) is 11.0 Å². The zero-order chi connectivity index (χ0) is 14.8. The minimum atomic E-state index is -0.274. The predicted molar refractivity (Wildman–Crippen MR) is 83.0 cm³/mol. The van der Waals surface area contributed by atoms with Gasteiger partial charge in [-0.25, -0.2) is 4.99 Å². The molecule has 0 amide bonds. The molecule has 0 fully saturated rings. The van der Waals surface area contributed by atoms with Crippen molar-refractivity contribution in [3.05, 3.63) is 24.8 Å². The molecule has 0 aliphatic carbocycles. The van der Waals surface area contributed by atoms with Crippen LogP contribution in [-0.4, -0.2) is 66.1 Å². The van der Waals surface area contributed by atoms with Gasteiger partial charge in [-0.1, -0.05) is 22.0 Å². The van der Waals surface area contributed by atoms with Crippen molar-refractivity contribution in [2.24, 2.45) is 4.99 Å². The van der Waals surface area contributed by atoms with Crippen LogP contribution in [0.1, 0.15) is 6.42 Å². The highest BCUT2D eigenvalue weighted by atomic mass is 79.9. The van der Waals surface area contributed by atoms with Crippen molar-refractivity contribution < 1.29 is 19.1 Å². The van der Waals surface area contributed by atoms with E-state index >= 15 is 0 Å². The van der Waals surface area contributed by atoms with Crippen LogP contribution in [0.5, 0.6) is 0 Å². The Labute approximate surface area is 128 Å². The molecule has 1 unspecified atom stereocenters. The molecule has 6 heteroatoms. The molecule has 112 valence electrons. The third kappa shape index (κ3) is 4.85. The molecule has 0 aromatic carbocycles. The number of carbonyl (C=O) groups excluding carboxylic acids is 1.